The normalized spacial score (nSPS) is 11.7. The SMILES string of the molecule is C=CCNC(=O)C(C)Nc1ccc(Cl)c(F)c1. The average Bonchev–Trinajstić information content (AvgIpc) is 2.30. The van der Waals surface area contributed by atoms with Gasteiger partial charge in [-0.05, 0) is 25.1 Å². The molecule has 1 rings (SSSR count). The molecule has 0 saturated heterocycles. The fourth-order valence-electron chi connectivity index (χ4n) is 1.23. The Hall–Kier alpha value is -1.55. The molecule has 0 aromatic heterocycles. The Labute approximate surface area is 105 Å². The first kappa shape index (κ1) is 13.5. The summed E-state index contributed by atoms with van der Waals surface area (Å²) in [6, 6.07) is 3.84. The molecular weight excluding hydrogens is 243 g/mol. The van der Waals surface area contributed by atoms with Crippen LogP contribution >= 0.6 is 11.6 Å². The second kappa shape index (κ2) is 6.25. The van der Waals surface area contributed by atoms with Gasteiger partial charge in [-0.3, -0.25) is 4.79 Å². The van der Waals surface area contributed by atoms with E-state index in [0.29, 0.717) is 12.2 Å². The molecule has 1 unspecified atom stereocenters. The van der Waals surface area contributed by atoms with Gasteiger partial charge in [0.05, 0.1) is 5.02 Å². The smallest absolute Gasteiger partial charge is 0.242 e. The van der Waals surface area contributed by atoms with E-state index in [9.17, 15) is 9.18 Å². The van der Waals surface area contributed by atoms with Crippen molar-refractivity contribution in [3.05, 3.63) is 41.7 Å². The van der Waals surface area contributed by atoms with E-state index < -0.39 is 11.9 Å². The van der Waals surface area contributed by atoms with Gasteiger partial charge in [-0.25, -0.2) is 4.39 Å². The van der Waals surface area contributed by atoms with E-state index >= 15 is 0 Å². The van der Waals surface area contributed by atoms with Crippen molar-refractivity contribution in [2.45, 2.75) is 13.0 Å². The summed E-state index contributed by atoms with van der Waals surface area (Å²) in [5, 5.41) is 5.57. The van der Waals surface area contributed by atoms with Crippen molar-refractivity contribution >= 4 is 23.2 Å². The van der Waals surface area contributed by atoms with Crippen LogP contribution in [0.5, 0.6) is 0 Å². The highest BCUT2D eigenvalue weighted by molar-refractivity contribution is 6.30. The zero-order valence-corrected chi connectivity index (χ0v) is 10.2. The molecule has 0 heterocycles. The lowest BCUT2D eigenvalue weighted by Crippen LogP contribution is -2.37. The molecule has 92 valence electrons. The monoisotopic (exact) mass is 256 g/mol. The second-order valence-corrected chi connectivity index (χ2v) is 3.94. The minimum atomic E-state index is -0.518. The van der Waals surface area contributed by atoms with E-state index in [4.69, 9.17) is 11.6 Å². The number of carbonyl (C=O) groups is 1. The Balaban J connectivity index is 2.61. The van der Waals surface area contributed by atoms with Gasteiger partial charge in [0.15, 0.2) is 0 Å². The number of anilines is 1. The predicted octanol–water partition coefficient (Wildman–Crippen LogP) is 2.58. The largest absolute Gasteiger partial charge is 0.374 e. The fourth-order valence-corrected chi connectivity index (χ4v) is 1.34. The van der Waals surface area contributed by atoms with Crippen molar-refractivity contribution in [2.24, 2.45) is 0 Å². The molecule has 0 aliphatic carbocycles. The summed E-state index contributed by atoms with van der Waals surface area (Å²) < 4.78 is 13.1. The van der Waals surface area contributed by atoms with E-state index in [1.54, 1.807) is 19.1 Å². The highest BCUT2D eigenvalue weighted by Crippen LogP contribution is 2.19. The molecule has 1 aromatic carbocycles. The van der Waals surface area contributed by atoms with Gasteiger partial charge >= 0.3 is 0 Å². The molecule has 17 heavy (non-hydrogen) atoms. The number of amides is 1. The van der Waals surface area contributed by atoms with E-state index in [1.807, 2.05) is 0 Å². The van der Waals surface area contributed by atoms with Gasteiger partial charge in [-0.2, -0.15) is 0 Å². The lowest BCUT2D eigenvalue weighted by atomic mass is 10.2. The third-order valence-electron chi connectivity index (χ3n) is 2.12. The van der Waals surface area contributed by atoms with Crippen molar-refractivity contribution in [2.75, 3.05) is 11.9 Å². The molecule has 0 saturated carbocycles. The Morgan fingerprint density at radius 1 is 1.65 bits per heavy atom. The van der Waals surface area contributed by atoms with E-state index in [0.717, 1.165) is 0 Å². The number of rotatable bonds is 5. The molecule has 0 bridgehead atoms. The quantitative estimate of drug-likeness (QED) is 0.795. The first-order valence-corrected chi connectivity index (χ1v) is 5.52. The van der Waals surface area contributed by atoms with Crippen LogP contribution in [-0.4, -0.2) is 18.5 Å². The molecule has 0 fully saturated rings. The Morgan fingerprint density at radius 2 is 2.35 bits per heavy atom. The third kappa shape index (κ3) is 4.07. The molecular formula is C12H14ClFN2O. The fraction of sp³-hybridized carbons (Fsp3) is 0.250. The lowest BCUT2D eigenvalue weighted by Gasteiger charge is -2.14. The predicted molar refractivity (Wildman–Crippen MR) is 67.7 cm³/mol. The van der Waals surface area contributed by atoms with Gasteiger partial charge in [0.2, 0.25) is 5.91 Å². The molecule has 3 nitrogen and oxygen atoms in total. The van der Waals surface area contributed by atoms with Crippen molar-refractivity contribution in [3.8, 4) is 0 Å². The summed E-state index contributed by atoms with van der Waals surface area (Å²) in [6.45, 7) is 5.59. The van der Waals surface area contributed by atoms with E-state index in [-0.39, 0.29) is 10.9 Å². The number of nitrogens with one attached hydrogen (secondary N) is 2. The molecule has 0 radical (unpaired) electrons. The highest BCUT2D eigenvalue weighted by Gasteiger charge is 2.12. The molecule has 2 N–H and O–H groups in total. The minimum Gasteiger partial charge on any atom is -0.374 e. The van der Waals surface area contributed by atoms with Crippen LogP contribution in [-0.2, 0) is 4.79 Å². The van der Waals surface area contributed by atoms with Crippen LogP contribution in [0.4, 0.5) is 10.1 Å². The minimum absolute atomic E-state index is 0.0549. The van der Waals surface area contributed by atoms with Gasteiger partial charge in [0.25, 0.3) is 0 Å². The summed E-state index contributed by atoms with van der Waals surface area (Å²) in [5.41, 5.74) is 0.508. The number of benzene rings is 1. The molecule has 1 aromatic rings. The maximum Gasteiger partial charge on any atom is 0.242 e. The van der Waals surface area contributed by atoms with Gasteiger partial charge in [-0.15, -0.1) is 6.58 Å². The first-order valence-electron chi connectivity index (χ1n) is 5.14. The summed E-state index contributed by atoms with van der Waals surface area (Å²) in [5.74, 6) is -0.698. The maximum absolute atomic E-state index is 13.1. The van der Waals surface area contributed by atoms with E-state index in [1.165, 1.54) is 12.1 Å². The lowest BCUT2D eigenvalue weighted by molar-refractivity contribution is -0.121. The van der Waals surface area contributed by atoms with E-state index in [2.05, 4.69) is 17.2 Å². The van der Waals surface area contributed by atoms with Crippen LogP contribution < -0.4 is 10.6 Å². The van der Waals surface area contributed by atoms with Gasteiger partial charge in [0.1, 0.15) is 11.9 Å². The summed E-state index contributed by atoms with van der Waals surface area (Å²) in [7, 11) is 0. The average molecular weight is 257 g/mol. The van der Waals surface area contributed by atoms with Crippen LogP contribution in [0.25, 0.3) is 0 Å². The van der Waals surface area contributed by atoms with Gasteiger partial charge in [-0.1, -0.05) is 17.7 Å². The van der Waals surface area contributed by atoms with Crippen molar-refractivity contribution in [1.29, 1.82) is 0 Å². The second-order valence-electron chi connectivity index (χ2n) is 3.53. The molecule has 5 heteroatoms. The first-order chi connectivity index (χ1) is 8.04. The van der Waals surface area contributed by atoms with Crippen LogP contribution in [0.15, 0.2) is 30.9 Å². The molecule has 1 atom stereocenters. The van der Waals surface area contributed by atoms with Crippen LogP contribution in [0.3, 0.4) is 0 Å². The van der Waals surface area contributed by atoms with Crippen LogP contribution in [0, 0.1) is 5.82 Å². The maximum atomic E-state index is 13.1. The van der Waals surface area contributed by atoms with Crippen LogP contribution in [0.1, 0.15) is 6.92 Å². The standard InChI is InChI=1S/C12H14ClFN2O/c1-3-6-15-12(17)8(2)16-9-4-5-10(13)11(14)7-9/h3-5,7-8,16H,1,6H2,2H3,(H,15,17). The molecule has 0 spiro atoms. The Morgan fingerprint density at radius 3 is 2.94 bits per heavy atom. The Kier molecular flexibility index (Phi) is 4.97. The highest BCUT2D eigenvalue weighted by atomic mass is 35.5. The number of hydrogen-bond acceptors (Lipinski definition) is 2. The summed E-state index contributed by atoms with van der Waals surface area (Å²) in [4.78, 5) is 11.5. The summed E-state index contributed by atoms with van der Waals surface area (Å²) in [6.07, 6.45) is 1.59. The Bertz CT molecular complexity index is 423. The molecule has 0 aliphatic rings. The third-order valence-corrected chi connectivity index (χ3v) is 2.42. The number of hydrogen-bond donors (Lipinski definition) is 2. The van der Waals surface area contributed by atoms with Crippen molar-refractivity contribution in [3.63, 3.8) is 0 Å². The van der Waals surface area contributed by atoms with Gasteiger partial charge in [0, 0.05) is 12.2 Å². The van der Waals surface area contributed by atoms with Gasteiger partial charge < -0.3 is 10.6 Å². The number of halogens is 2. The zero-order chi connectivity index (χ0) is 12.8. The zero-order valence-electron chi connectivity index (χ0n) is 9.47. The van der Waals surface area contributed by atoms with Crippen molar-refractivity contribution in [1.82, 2.24) is 5.32 Å². The summed E-state index contributed by atoms with van der Waals surface area (Å²) >= 11 is 5.56. The molecule has 1 amide bonds. The number of carbonyl (C=O) groups excluding carboxylic acids is 1. The van der Waals surface area contributed by atoms with Crippen LogP contribution in [0.2, 0.25) is 5.02 Å². The molecule has 0 aliphatic heterocycles. The topological polar surface area (TPSA) is 41.1 Å². The van der Waals surface area contributed by atoms with Crippen molar-refractivity contribution < 1.29 is 9.18 Å².